The Morgan fingerprint density at radius 1 is 1.05 bits per heavy atom. The second-order valence-electron chi connectivity index (χ2n) is 4.76. The molecular weight excluding hydrogens is 236 g/mol. The third kappa shape index (κ3) is 1.95. The summed E-state index contributed by atoms with van der Waals surface area (Å²) in [5.41, 5.74) is 4.69. The molecule has 0 aliphatic carbocycles. The number of aryl methyl sites for hydroxylation is 1. The van der Waals surface area contributed by atoms with Crippen LogP contribution in [0.15, 0.2) is 48.5 Å². The molecule has 0 atom stereocenters. The molecular formula is C17H14O2. The van der Waals surface area contributed by atoms with Gasteiger partial charge in [-0.3, -0.25) is 0 Å². The lowest BCUT2D eigenvalue weighted by molar-refractivity contribution is -0.126. The Kier molecular flexibility index (Phi) is 2.71. The van der Waals surface area contributed by atoms with Crippen molar-refractivity contribution in [1.82, 2.24) is 0 Å². The fourth-order valence-corrected chi connectivity index (χ4v) is 2.38. The average molecular weight is 250 g/mol. The van der Waals surface area contributed by atoms with Gasteiger partial charge in [0.2, 0.25) is 0 Å². The van der Waals surface area contributed by atoms with Gasteiger partial charge in [0, 0.05) is 5.56 Å². The van der Waals surface area contributed by atoms with Gasteiger partial charge in [0.15, 0.2) is 0 Å². The smallest absolute Gasteiger partial charge is 0.344 e. The number of carbonyl (C=O) groups is 1. The van der Waals surface area contributed by atoms with Crippen molar-refractivity contribution < 1.29 is 9.53 Å². The lowest BCUT2D eigenvalue weighted by atomic mass is 9.96. The van der Waals surface area contributed by atoms with Crippen molar-refractivity contribution in [1.29, 1.82) is 0 Å². The van der Waals surface area contributed by atoms with E-state index in [1.807, 2.05) is 62.4 Å². The van der Waals surface area contributed by atoms with Gasteiger partial charge < -0.3 is 4.74 Å². The zero-order chi connectivity index (χ0) is 13.4. The molecule has 94 valence electrons. The molecule has 0 fully saturated rings. The molecule has 2 nitrogen and oxygen atoms in total. The molecule has 0 amide bonds. The first kappa shape index (κ1) is 11.7. The molecule has 1 aliphatic heterocycles. The van der Waals surface area contributed by atoms with Crippen molar-refractivity contribution in [2.24, 2.45) is 0 Å². The van der Waals surface area contributed by atoms with Crippen molar-refractivity contribution in [3.8, 4) is 5.75 Å². The minimum Gasteiger partial charge on any atom is -0.422 e. The predicted molar refractivity (Wildman–Crippen MR) is 75.7 cm³/mol. The van der Waals surface area contributed by atoms with Crippen molar-refractivity contribution >= 4 is 17.1 Å². The highest BCUT2D eigenvalue weighted by molar-refractivity contribution is 6.28. The van der Waals surface area contributed by atoms with Crippen LogP contribution < -0.4 is 4.74 Å². The number of allylic oxidation sites excluding steroid dienone is 1. The zero-order valence-electron chi connectivity index (χ0n) is 10.9. The normalized spacial score (nSPS) is 16.0. The van der Waals surface area contributed by atoms with E-state index in [4.69, 9.17) is 4.74 Å². The second kappa shape index (κ2) is 4.39. The van der Waals surface area contributed by atoms with Gasteiger partial charge in [-0.05, 0) is 37.1 Å². The van der Waals surface area contributed by atoms with Crippen molar-refractivity contribution in [3.05, 3.63) is 65.2 Å². The van der Waals surface area contributed by atoms with Gasteiger partial charge in [0.25, 0.3) is 0 Å². The van der Waals surface area contributed by atoms with Gasteiger partial charge >= 0.3 is 5.97 Å². The van der Waals surface area contributed by atoms with E-state index in [1.54, 1.807) is 0 Å². The van der Waals surface area contributed by atoms with Crippen LogP contribution in [-0.4, -0.2) is 5.97 Å². The molecule has 0 radical (unpaired) electrons. The molecule has 0 saturated heterocycles. The van der Waals surface area contributed by atoms with E-state index < -0.39 is 0 Å². The van der Waals surface area contributed by atoms with E-state index in [1.165, 1.54) is 0 Å². The third-order valence-electron chi connectivity index (χ3n) is 3.39. The van der Waals surface area contributed by atoms with Crippen LogP contribution in [0.25, 0.3) is 11.1 Å². The van der Waals surface area contributed by atoms with Crippen LogP contribution in [0, 0.1) is 6.92 Å². The highest BCUT2D eigenvalue weighted by atomic mass is 16.5. The number of hydrogen-bond donors (Lipinski definition) is 0. The topological polar surface area (TPSA) is 26.3 Å². The summed E-state index contributed by atoms with van der Waals surface area (Å²) in [5.74, 6) is 0.392. The Hall–Kier alpha value is -2.35. The van der Waals surface area contributed by atoms with Gasteiger partial charge in [-0.15, -0.1) is 0 Å². The quantitative estimate of drug-likeness (QED) is 0.436. The van der Waals surface area contributed by atoms with Crippen LogP contribution in [-0.2, 0) is 4.79 Å². The Bertz CT molecular complexity index is 682. The van der Waals surface area contributed by atoms with E-state index in [0.29, 0.717) is 11.3 Å². The zero-order valence-corrected chi connectivity index (χ0v) is 10.9. The van der Waals surface area contributed by atoms with E-state index >= 15 is 0 Å². The summed E-state index contributed by atoms with van der Waals surface area (Å²) in [6, 6.07) is 15.7. The number of hydrogen-bond acceptors (Lipinski definition) is 2. The summed E-state index contributed by atoms with van der Waals surface area (Å²) in [7, 11) is 0. The number of carbonyl (C=O) groups excluding carboxylic acids is 1. The molecule has 1 aliphatic rings. The van der Waals surface area contributed by atoms with Crippen LogP contribution in [0.4, 0.5) is 0 Å². The molecule has 2 aromatic rings. The molecule has 0 spiro atoms. The highest BCUT2D eigenvalue weighted by Crippen LogP contribution is 2.38. The molecule has 19 heavy (non-hydrogen) atoms. The molecule has 3 rings (SSSR count). The maximum Gasteiger partial charge on any atom is 0.344 e. The van der Waals surface area contributed by atoms with E-state index in [-0.39, 0.29) is 5.97 Å². The number of benzene rings is 2. The molecule has 0 unspecified atom stereocenters. The Labute approximate surface area is 112 Å². The number of esters is 1. The highest BCUT2D eigenvalue weighted by Gasteiger charge is 2.28. The van der Waals surface area contributed by atoms with Crippen LogP contribution in [0.3, 0.4) is 0 Å². The summed E-state index contributed by atoms with van der Waals surface area (Å²) in [6.45, 7) is 3.97. The summed E-state index contributed by atoms with van der Waals surface area (Å²) >= 11 is 0. The lowest BCUT2D eigenvalue weighted by Crippen LogP contribution is -2.02. The number of rotatable bonds is 1. The number of ether oxygens (including phenoxy) is 1. The van der Waals surface area contributed by atoms with Gasteiger partial charge in [-0.2, -0.15) is 0 Å². The molecule has 2 aromatic carbocycles. The Morgan fingerprint density at radius 3 is 2.53 bits per heavy atom. The van der Waals surface area contributed by atoms with Crippen LogP contribution in [0.5, 0.6) is 5.75 Å². The average Bonchev–Trinajstić information content (AvgIpc) is 2.74. The number of fused-ring (bicyclic) bond motifs is 1. The van der Waals surface area contributed by atoms with Crippen molar-refractivity contribution in [2.45, 2.75) is 13.8 Å². The minimum absolute atomic E-state index is 0.262. The fourth-order valence-electron chi connectivity index (χ4n) is 2.38. The third-order valence-corrected chi connectivity index (χ3v) is 3.39. The van der Waals surface area contributed by atoms with E-state index in [9.17, 15) is 4.79 Å². The maximum atomic E-state index is 12.1. The molecule has 0 aromatic heterocycles. The summed E-state index contributed by atoms with van der Waals surface area (Å²) in [6.07, 6.45) is 0. The molecule has 0 saturated carbocycles. The van der Waals surface area contributed by atoms with Crippen LogP contribution in [0.2, 0.25) is 0 Å². The molecule has 0 bridgehead atoms. The van der Waals surface area contributed by atoms with Gasteiger partial charge in [-0.1, -0.05) is 42.0 Å². The summed E-state index contributed by atoms with van der Waals surface area (Å²) < 4.78 is 5.32. The molecule has 0 N–H and O–H groups in total. The van der Waals surface area contributed by atoms with E-state index in [2.05, 4.69) is 0 Å². The van der Waals surface area contributed by atoms with Gasteiger partial charge in [-0.25, -0.2) is 4.79 Å². The Balaban J connectivity index is 2.21. The standard InChI is InChI=1S/C17H14O2/c1-11-8-9-15-14(10-11)16(17(18)19-15)12(2)13-6-4-3-5-7-13/h3-10H,1-2H3/b16-12+. The Morgan fingerprint density at radius 2 is 1.79 bits per heavy atom. The first-order valence-electron chi connectivity index (χ1n) is 6.26. The first-order chi connectivity index (χ1) is 9.16. The van der Waals surface area contributed by atoms with Crippen molar-refractivity contribution in [3.63, 3.8) is 0 Å². The van der Waals surface area contributed by atoms with Gasteiger partial charge in [0.05, 0.1) is 5.57 Å². The monoisotopic (exact) mass is 250 g/mol. The lowest BCUT2D eigenvalue weighted by Gasteiger charge is -2.05. The predicted octanol–water partition coefficient (Wildman–Crippen LogP) is 3.84. The van der Waals surface area contributed by atoms with Crippen LogP contribution >= 0.6 is 0 Å². The van der Waals surface area contributed by atoms with Crippen molar-refractivity contribution in [2.75, 3.05) is 0 Å². The summed E-state index contributed by atoms with van der Waals surface area (Å²) in [4.78, 5) is 12.1. The maximum absolute atomic E-state index is 12.1. The van der Waals surface area contributed by atoms with Crippen LogP contribution in [0.1, 0.15) is 23.6 Å². The largest absolute Gasteiger partial charge is 0.422 e. The first-order valence-corrected chi connectivity index (χ1v) is 6.26. The minimum atomic E-state index is -0.262. The van der Waals surface area contributed by atoms with Gasteiger partial charge in [0.1, 0.15) is 5.75 Å². The fraction of sp³-hybridized carbons (Fsp3) is 0.118. The molecule has 2 heteroatoms. The SMILES string of the molecule is C/C(=C1\C(=O)Oc2ccc(C)cc21)c1ccccc1. The van der Waals surface area contributed by atoms with E-state index in [0.717, 1.165) is 22.3 Å². The summed E-state index contributed by atoms with van der Waals surface area (Å²) in [5, 5.41) is 0. The second-order valence-corrected chi connectivity index (χ2v) is 4.76. The molecule has 1 heterocycles.